The van der Waals surface area contributed by atoms with Crippen LogP contribution in [0.25, 0.3) is 5.69 Å². The van der Waals surface area contributed by atoms with Crippen LogP contribution in [0, 0.1) is 6.92 Å². The minimum atomic E-state index is -4.63. The summed E-state index contributed by atoms with van der Waals surface area (Å²) in [5.74, 6) is -1.02. The molecule has 0 saturated carbocycles. The van der Waals surface area contributed by atoms with Crippen LogP contribution in [0.3, 0.4) is 0 Å². The van der Waals surface area contributed by atoms with Gasteiger partial charge in [0.1, 0.15) is 5.56 Å². The van der Waals surface area contributed by atoms with Crippen LogP contribution < -0.4 is 10.9 Å². The molecule has 4 rings (SSSR count). The van der Waals surface area contributed by atoms with E-state index in [0.717, 1.165) is 22.8 Å². The second kappa shape index (κ2) is 9.46. The van der Waals surface area contributed by atoms with Gasteiger partial charge in [0.05, 0.1) is 5.56 Å². The average Bonchev–Trinajstić information content (AvgIpc) is 3.39. The highest BCUT2D eigenvalue weighted by atomic mass is 32.2. The fourth-order valence-electron chi connectivity index (χ4n) is 3.63. The van der Waals surface area contributed by atoms with E-state index >= 15 is 0 Å². The van der Waals surface area contributed by atoms with Crippen LogP contribution in [0.5, 0.6) is 0 Å². The van der Waals surface area contributed by atoms with E-state index in [0.29, 0.717) is 0 Å². The Balaban J connectivity index is 1.77. The SMILES string of the molecule is Cc1ccc(C(=O)NC(c2ccccc2)S(=O)(=O)c2ncc[nH]2)c(=O)n1-c1cccc(C(F)(F)F)c1. The Labute approximate surface area is 203 Å². The third-order valence-electron chi connectivity index (χ3n) is 5.37. The molecule has 2 N–H and O–H groups in total. The molecule has 1 amide bonds. The first kappa shape index (κ1) is 24.9. The molecule has 0 aliphatic rings. The molecule has 186 valence electrons. The fraction of sp³-hybridized carbons (Fsp3) is 0.125. The number of sulfone groups is 1. The summed E-state index contributed by atoms with van der Waals surface area (Å²) < 4.78 is 67.0. The van der Waals surface area contributed by atoms with Crippen LogP contribution in [-0.2, 0) is 16.0 Å². The molecule has 0 aliphatic heterocycles. The van der Waals surface area contributed by atoms with Crippen molar-refractivity contribution in [3.05, 3.63) is 112 Å². The summed E-state index contributed by atoms with van der Waals surface area (Å²) in [5, 5.41) is 0.388. The quantitative estimate of drug-likeness (QED) is 0.405. The number of benzene rings is 2. The minimum Gasteiger partial charge on any atom is -0.335 e. The number of halogens is 3. The van der Waals surface area contributed by atoms with Gasteiger partial charge in [0.15, 0.2) is 5.37 Å². The molecule has 0 radical (unpaired) electrons. The highest BCUT2D eigenvalue weighted by Crippen LogP contribution is 2.30. The Kier molecular flexibility index (Phi) is 6.55. The van der Waals surface area contributed by atoms with E-state index in [4.69, 9.17) is 0 Å². The maximum Gasteiger partial charge on any atom is 0.416 e. The van der Waals surface area contributed by atoms with Crippen molar-refractivity contribution in [2.24, 2.45) is 0 Å². The first-order valence-corrected chi connectivity index (χ1v) is 12.0. The molecule has 0 fully saturated rings. The molecule has 2 aromatic carbocycles. The van der Waals surface area contributed by atoms with Gasteiger partial charge in [0.25, 0.3) is 11.5 Å². The Morgan fingerprint density at radius 2 is 1.78 bits per heavy atom. The van der Waals surface area contributed by atoms with Crippen LogP contribution in [0.15, 0.2) is 89.1 Å². The van der Waals surface area contributed by atoms with Gasteiger partial charge in [-0.3, -0.25) is 14.2 Å². The average molecular weight is 517 g/mol. The molecular weight excluding hydrogens is 497 g/mol. The molecule has 0 bridgehead atoms. The van der Waals surface area contributed by atoms with E-state index in [9.17, 15) is 31.2 Å². The van der Waals surface area contributed by atoms with Crippen molar-refractivity contribution in [2.75, 3.05) is 0 Å². The van der Waals surface area contributed by atoms with Crippen molar-refractivity contribution in [1.29, 1.82) is 0 Å². The Hall–Kier alpha value is -4.19. The van der Waals surface area contributed by atoms with E-state index in [-0.39, 0.29) is 22.1 Å². The van der Waals surface area contributed by atoms with E-state index in [1.54, 1.807) is 18.2 Å². The lowest BCUT2D eigenvalue weighted by molar-refractivity contribution is -0.137. The number of amides is 1. The van der Waals surface area contributed by atoms with E-state index in [1.165, 1.54) is 49.6 Å². The van der Waals surface area contributed by atoms with Crippen molar-refractivity contribution in [3.63, 3.8) is 0 Å². The van der Waals surface area contributed by atoms with Gasteiger partial charge < -0.3 is 10.3 Å². The highest BCUT2D eigenvalue weighted by Gasteiger charge is 2.34. The van der Waals surface area contributed by atoms with Crippen LogP contribution >= 0.6 is 0 Å². The van der Waals surface area contributed by atoms with Crippen LogP contribution in [0.4, 0.5) is 13.2 Å². The van der Waals surface area contributed by atoms with Gasteiger partial charge in [-0.05, 0) is 42.8 Å². The standard InChI is InChI=1S/C24H19F3N4O4S/c1-15-10-11-19(22(33)31(15)18-9-5-8-17(14-18)24(25,26)27)20(32)30-21(16-6-3-2-4-7-16)36(34,35)23-28-12-13-29-23/h2-14,21H,1H3,(H,28,29)(H,30,32). The van der Waals surface area contributed by atoms with E-state index < -0.39 is 44.0 Å². The topological polar surface area (TPSA) is 114 Å². The number of aromatic amines is 1. The molecule has 2 aromatic heterocycles. The number of H-pyrrole nitrogens is 1. The molecule has 1 unspecified atom stereocenters. The summed E-state index contributed by atoms with van der Waals surface area (Å²) in [6, 6.07) is 14.5. The second-order valence-corrected chi connectivity index (χ2v) is 9.73. The van der Waals surface area contributed by atoms with E-state index in [1.807, 2.05) is 0 Å². The lowest BCUT2D eigenvalue weighted by Crippen LogP contribution is -2.38. The smallest absolute Gasteiger partial charge is 0.335 e. The van der Waals surface area contributed by atoms with Crippen LogP contribution in [-0.4, -0.2) is 28.9 Å². The number of aryl methyl sites for hydroxylation is 1. The zero-order valence-electron chi connectivity index (χ0n) is 18.7. The number of carbonyl (C=O) groups excluding carboxylic acids is 1. The number of imidazole rings is 1. The van der Waals surface area contributed by atoms with Gasteiger partial charge in [0.2, 0.25) is 15.0 Å². The molecule has 8 nitrogen and oxygen atoms in total. The van der Waals surface area contributed by atoms with Crippen molar-refractivity contribution in [1.82, 2.24) is 19.9 Å². The second-order valence-electron chi connectivity index (χ2n) is 7.78. The molecular formula is C24H19F3N4O4S. The van der Waals surface area contributed by atoms with Gasteiger partial charge in [-0.2, -0.15) is 13.2 Å². The largest absolute Gasteiger partial charge is 0.416 e. The Morgan fingerprint density at radius 3 is 2.42 bits per heavy atom. The number of rotatable bonds is 6. The molecule has 0 saturated heterocycles. The summed E-state index contributed by atoms with van der Waals surface area (Å²) in [4.78, 5) is 32.7. The Morgan fingerprint density at radius 1 is 1.06 bits per heavy atom. The summed E-state index contributed by atoms with van der Waals surface area (Å²) in [7, 11) is -4.25. The monoisotopic (exact) mass is 516 g/mol. The first-order valence-electron chi connectivity index (χ1n) is 10.5. The van der Waals surface area contributed by atoms with Gasteiger partial charge in [-0.25, -0.2) is 13.4 Å². The maximum atomic E-state index is 13.2. The highest BCUT2D eigenvalue weighted by molar-refractivity contribution is 7.91. The normalized spacial score (nSPS) is 12.8. The fourth-order valence-corrected chi connectivity index (χ4v) is 5.07. The number of carbonyl (C=O) groups is 1. The number of aromatic nitrogens is 3. The van der Waals surface area contributed by atoms with Gasteiger partial charge >= 0.3 is 6.18 Å². The number of alkyl halides is 3. The molecule has 4 aromatic rings. The lowest BCUT2D eigenvalue weighted by atomic mass is 10.1. The van der Waals surface area contributed by atoms with Crippen molar-refractivity contribution in [2.45, 2.75) is 23.6 Å². The van der Waals surface area contributed by atoms with Crippen LogP contribution in [0.1, 0.15) is 32.6 Å². The van der Waals surface area contributed by atoms with Gasteiger partial charge in [-0.1, -0.05) is 36.4 Å². The molecule has 36 heavy (non-hydrogen) atoms. The van der Waals surface area contributed by atoms with Gasteiger partial charge in [-0.15, -0.1) is 0 Å². The van der Waals surface area contributed by atoms with Crippen molar-refractivity contribution in [3.8, 4) is 5.69 Å². The van der Waals surface area contributed by atoms with Gasteiger partial charge in [0, 0.05) is 23.8 Å². The Bertz CT molecular complexity index is 1570. The number of pyridine rings is 1. The van der Waals surface area contributed by atoms with Crippen LogP contribution in [0.2, 0.25) is 0 Å². The predicted octanol–water partition coefficient (Wildman–Crippen LogP) is 3.79. The third-order valence-corrected chi connectivity index (χ3v) is 7.14. The van der Waals surface area contributed by atoms with Crippen molar-refractivity contribution >= 4 is 15.7 Å². The summed E-state index contributed by atoms with van der Waals surface area (Å²) in [6.07, 6.45) is -2.08. The maximum absolute atomic E-state index is 13.2. The van der Waals surface area contributed by atoms with Crippen molar-refractivity contribution < 1.29 is 26.4 Å². The van der Waals surface area contributed by atoms with E-state index in [2.05, 4.69) is 15.3 Å². The molecule has 1 atom stereocenters. The number of nitrogens with one attached hydrogen (secondary N) is 2. The summed E-state index contributed by atoms with van der Waals surface area (Å²) in [5.41, 5.74) is -1.92. The third kappa shape index (κ3) is 4.80. The zero-order chi connectivity index (χ0) is 26.1. The number of hydrogen-bond donors (Lipinski definition) is 2. The number of hydrogen-bond acceptors (Lipinski definition) is 5. The molecule has 0 aliphatic carbocycles. The zero-order valence-corrected chi connectivity index (χ0v) is 19.5. The minimum absolute atomic E-state index is 0.0928. The first-order chi connectivity index (χ1) is 17.0. The molecule has 0 spiro atoms. The molecule has 2 heterocycles. The molecule has 12 heteroatoms. The summed E-state index contributed by atoms with van der Waals surface area (Å²) >= 11 is 0. The lowest BCUT2D eigenvalue weighted by Gasteiger charge is -2.19. The summed E-state index contributed by atoms with van der Waals surface area (Å²) in [6.45, 7) is 1.50. The predicted molar refractivity (Wildman–Crippen MR) is 124 cm³/mol. The number of nitrogens with zero attached hydrogens (tertiary/aromatic N) is 2.